The van der Waals surface area contributed by atoms with Gasteiger partial charge in [0.05, 0.1) is 0 Å². The van der Waals surface area contributed by atoms with Gasteiger partial charge in [0.2, 0.25) is 0 Å². The normalized spacial score (nSPS) is 29.5. The van der Waals surface area contributed by atoms with Crippen molar-refractivity contribution in [3.8, 4) is 0 Å². The smallest absolute Gasteiger partial charge is 0.0458 e. The summed E-state index contributed by atoms with van der Waals surface area (Å²) < 4.78 is 0.433. The summed E-state index contributed by atoms with van der Waals surface area (Å²) in [6.45, 7) is 14.0. The summed E-state index contributed by atoms with van der Waals surface area (Å²) in [6, 6.07) is 0.734. The van der Waals surface area contributed by atoms with Gasteiger partial charge in [-0.3, -0.25) is 4.90 Å². The van der Waals surface area contributed by atoms with Crippen molar-refractivity contribution in [2.75, 3.05) is 5.88 Å². The third kappa shape index (κ3) is 2.21. The Morgan fingerprint density at radius 3 is 2.23 bits per heavy atom. The third-order valence-electron chi connectivity index (χ3n) is 3.00. The molecule has 13 heavy (non-hydrogen) atoms. The van der Waals surface area contributed by atoms with Crippen LogP contribution in [0.4, 0.5) is 0 Å². The minimum Gasteiger partial charge on any atom is -0.285 e. The Labute approximate surface area is 87.3 Å². The van der Waals surface area contributed by atoms with Crippen LogP contribution >= 0.6 is 11.8 Å². The van der Waals surface area contributed by atoms with Crippen LogP contribution in [0.5, 0.6) is 0 Å². The Morgan fingerprint density at radius 1 is 1.38 bits per heavy atom. The fourth-order valence-electron chi connectivity index (χ4n) is 2.17. The van der Waals surface area contributed by atoms with Crippen molar-refractivity contribution in [1.82, 2.24) is 4.90 Å². The van der Waals surface area contributed by atoms with E-state index in [0.717, 1.165) is 6.04 Å². The molecule has 78 valence electrons. The van der Waals surface area contributed by atoms with Crippen LogP contribution in [-0.2, 0) is 0 Å². The molecule has 0 radical (unpaired) electrons. The molecule has 1 heterocycles. The summed E-state index contributed by atoms with van der Waals surface area (Å²) in [4.78, 5) is 2.64. The Hall–Kier alpha value is 0.310. The van der Waals surface area contributed by atoms with E-state index in [9.17, 15) is 0 Å². The number of nitrogens with zero attached hydrogens (tertiary/aromatic N) is 1. The second-order valence-electron chi connectivity index (χ2n) is 5.44. The molecule has 0 N–H and O–H groups in total. The first-order chi connectivity index (χ1) is 5.79. The molecular formula is C11H23NS. The van der Waals surface area contributed by atoms with Crippen molar-refractivity contribution in [3.63, 3.8) is 0 Å². The van der Waals surface area contributed by atoms with Gasteiger partial charge in [-0.05, 0) is 41.0 Å². The number of rotatable bonds is 1. The van der Waals surface area contributed by atoms with Gasteiger partial charge in [-0.25, -0.2) is 0 Å². The van der Waals surface area contributed by atoms with Gasteiger partial charge in [0.15, 0.2) is 0 Å². The molecular weight excluding hydrogens is 178 g/mol. The van der Waals surface area contributed by atoms with Gasteiger partial charge in [0.25, 0.3) is 0 Å². The van der Waals surface area contributed by atoms with E-state index >= 15 is 0 Å². The number of thioether (sulfide) groups is 1. The molecule has 1 rings (SSSR count). The predicted octanol–water partition coefficient (Wildman–Crippen LogP) is 3.35. The van der Waals surface area contributed by atoms with Crippen molar-refractivity contribution in [1.29, 1.82) is 0 Å². The van der Waals surface area contributed by atoms with Crippen molar-refractivity contribution in [2.24, 2.45) is 0 Å². The maximum absolute atomic E-state index is 2.64. The van der Waals surface area contributed by atoms with E-state index in [0.29, 0.717) is 10.3 Å². The van der Waals surface area contributed by atoms with E-state index in [-0.39, 0.29) is 0 Å². The van der Waals surface area contributed by atoms with Gasteiger partial charge in [-0.15, -0.1) is 11.8 Å². The van der Waals surface area contributed by atoms with Gasteiger partial charge >= 0.3 is 0 Å². The summed E-state index contributed by atoms with van der Waals surface area (Å²) >= 11 is 2.09. The molecule has 1 atom stereocenters. The average Bonchev–Trinajstić information content (AvgIpc) is 2.23. The molecule has 0 aromatic carbocycles. The lowest BCUT2D eigenvalue weighted by atomic mass is 9.94. The van der Waals surface area contributed by atoms with E-state index in [2.05, 4.69) is 58.2 Å². The Kier molecular flexibility index (Phi) is 3.04. The highest BCUT2D eigenvalue weighted by Crippen LogP contribution is 2.43. The molecule has 2 heteroatoms. The van der Waals surface area contributed by atoms with E-state index < -0.39 is 0 Å². The van der Waals surface area contributed by atoms with Gasteiger partial charge in [-0.1, -0.05) is 6.92 Å². The summed E-state index contributed by atoms with van der Waals surface area (Å²) in [6.07, 6.45) is 1.26. The first-order valence-corrected chi connectivity index (χ1v) is 6.18. The highest BCUT2D eigenvalue weighted by molar-refractivity contribution is 8.00. The zero-order valence-corrected chi connectivity index (χ0v) is 10.7. The van der Waals surface area contributed by atoms with Crippen molar-refractivity contribution >= 4 is 11.8 Å². The second-order valence-corrected chi connectivity index (χ2v) is 7.04. The van der Waals surface area contributed by atoms with Crippen LogP contribution in [0.25, 0.3) is 0 Å². The van der Waals surface area contributed by atoms with E-state index in [1.165, 1.54) is 12.3 Å². The Balaban J connectivity index is 2.80. The first-order valence-electron chi connectivity index (χ1n) is 5.19. The van der Waals surface area contributed by atoms with Gasteiger partial charge in [0.1, 0.15) is 0 Å². The topological polar surface area (TPSA) is 3.24 Å². The monoisotopic (exact) mass is 201 g/mol. The molecule has 0 aliphatic carbocycles. The number of hydrogen-bond acceptors (Lipinski definition) is 2. The van der Waals surface area contributed by atoms with Crippen molar-refractivity contribution in [3.05, 3.63) is 0 Å². The molecule has 1 aliphatic heterocycles. The molecule has 0 spiro atoms. The van der Waals surface area contributed by atoms with Crippen molar-refractivity contribution in [2.45, 2.75) is 64.3 Å². The molecule has 1 nitrogen and oxygen atoms in total. The van der Waals surface area contributed by atoms with Crippen LogP contribution in [-0.4, -0.2) is 27.1 Å². The van der Waals surface area contributed by atoms with Crippen LogP contribution in [0.2, 0.25) is 0 Å². The van der Waals surface area contributed by atoms with E-state index in [1.54, 1.807) is 0 Å². The maximum Gasteiger partial charge on any atom is 0.0458 e. The summed E-state index contributed by atoms with van der Waals surface area (Å²) in [5.41, 5.74) is 0.321. The predicted molar refractivity (Wildman–Crippen MR) is 62.2 cm³/mol. The zero-order chi connectivity index (χ0) is 10.3. The summed E-state index contributed by atoms with van der Waals surface area (Å²) in [7, 11) is 0. The van der Waals surface area contributed by atoms with Crippen LogP contribution in [0.1, 0.15) is 48.0 Å². The standard InChI is InChI=1S/C11H23NS/c1-7-9-11(5,6)13-8-12(9)10(2,3)4/h9H,7-8H2,1-6H3. The minimum atomic E-state index is 0.321. The van der Waals surface area contributed by atoms with Crippen LogP contribution < -0.4 is 0 Å². The van der Waals surface area contributed by atoms with Gasteiger partial charge in [0, 0.05) is 22.2 Å². The lowest BCUT2D eigenvalue weighted by molar-refractivity contribution is 0.102. The Morgan fingerprint density at radius 2 is 1.92 bits per heavy atom. The van der Waals surface area contributed by atoms with E-state index in [4.69, 9.17) is 0 Å². The molecule has 0 aromatic rings. The molecule has 1 unspecified atom stereocenters. The fourth-order valence-corrected chi connectivity index (χ4v) is 3.70. The maximum atomic E-state index is 2.64. The van der Waals surface area contributed by atoms with Crippen LogP contribution in [0, 0.1) is 0 Å². The molecule has 0 aromatic heterocycles. The molecule has 1 fully saturated rings. The lowest BCUT2D eigenvalue weighted by Crippen LogP contribution is -2.49. The van der Waals surface area contributed by atoms with E-state index in [1.807, 2.05) is 0 Å². The molecule has 0 bridgehead atoms. The Bertz CT molecular complexity index is 181. The SMILES string of the molecule is CCC1N(C(C)(C)C)CSC1(C)C. The number of hydrogen-bond donors (Lipinski definition) is 0. The largest absolute Gasteiger partial charge is 0.285 e. The molecule has 0 saturated carbocycles. The fraction of sp³-hybridized carbons (Fsp3) is 1.00. The van der Waals surface area contributed by atoms with Crippen LogP contribution in [0.3, 0.4) is 0 Å². The highest BCUT2D eigenvalue weighted by atomic mass is 32.2. The lowest BCUT2D eigenvalue weighted by Gasteiger charge is -2.39. The zero-order valence-electron chi connectivity index (χ0n) is 9.85. The van der Waals surface area contributed by atoms with Gasteiger partial charge in [-0.2, -0.15) is 0 Å². The van der Waals surface area contributed by atoms with Crippen molar-refractivity contribution < 1.29 is 0 Å². The molecule has 1 aliphatic rings. The second kappa shape index (κ2) is 3.47. The highest BCUT2D eigenvalue weighted by Gasteiger charge is 2.43. The average molecular weight is 201 g/mol. The third-order valence-corrected chi connectivity index (χ3v) is 4.43. The minimum absolute atomic E-state index is 0.321. The summed E-state index contributed by atoms with van der Waals surface area (Å²) in [5.74, 6) is 1.19. The first kappa shape index (κ1) is 11.4. The molecule has 0 amide bonds. The summed E-state index contributed by atoms with van der Waals surface area (Å²) in [5, 5.41) is 0. The quantitative estimate of drug-likeness (QED) is 0.640. The van der Waals surface area contributed by atoms with Crippen LogP contribution in [0.15, 0.2) is 0 Å². The van der Waals surface area contributed by atoms with Gasteiger partial charge < -0.3 is 0 Å². The molecule has 1 saturated heterocycles.